The lowest BCUT2D eigenvalue weighted by molar-refractivity contribution is -0.137. The summed E-state index contributed by atoms with van der Waals surface area (Å²) in [4.78, 5) is 39.7. The highest BCUT2D eigenvalue weighted by molar-refractivity contribution is 6.38. The van der Waals surface area contributed by atoms with Crippen LogP contribution in [0.25, 0.3) is 12.2 Å². The molecule has 0 spiro atoms. The van der Waals surface area contributed by atoms with Crippen LogP contribution in [0.3, 0.4) is 0 Å². The molecule has 0 saturated carbocycles. The first-order valence-corrected chi connectivity index (χ1v) is 12.4. The molecule has 3 aromatic carbocycles. The van der Waals surface area contributed by atoms with Crippen LogP contribution in [-0.4, -0.2) is 41.6 Å². The SMILES string of the molecule is NC(=O)C(=O)C(Cc1ccccc1)NC(=O)c1ccccc1C=Cc1ccc(CN2CC=CCC2)cc1. The molecule has 1 atom stereocenters. The van der Waals surface area contributed by atoms with E-state index in [1.807, 2.05) is 54.6 Å². The maximum atomic E-state index is 13.2. The number of nitrogens with zero attached hydrogens (tertiary/aromatic N) is 1. The molecule has 0 saturated heterocycles. The van der Waals surface area contributed by atoms with Crippen molar-refractivity contribution in [2.45, 2.75) is 25.4 Å². The number of nitrogens with one attached hydrogen (secondary N) is 1. The number of primary amides is 1. The average Bonchev–Trinajstić information content (AvgIpc) is 2.93. The summed E-state index contributed by atoms with van der Waals surface area (Å²) >= 11 is 0. The van der Waals surface area contributed by atoms with E-state index < -0.39 is 23.6 Å². The van der Waals surface area contributed by atoms with Gasteiger partial charge in [0.05, 0.1) is 0 Å². The molecule has 1 unspecified atom stereocenters. The minimum atomic E-state index is -1.07. The third-order valence-electron chi connectivity index (χ3n) is 6.34. The first kappa shape index (κ1) is 25.8. The zero-order valence-corrected chi connectivity index (χ0v) is 20.7. The minimum Gasteiger partial charge on any atom is -0.363 e. The van der Waals surface area contributed by atoms with Gasteiger partial charge in [-0.2, -0.15) is 0 Å². The van der Waals surface area contributed by atoms with Crippen LogP contribution in [0.4, 0.5) is 0 Å². The number of Topliss-reactive ketones (excluding diaryl/α,β-unsaturated/α-hetero) is 1. The second-order valence-electron chi connectivity index (χ2n) is 9.10. The van der Waals surface area contributed by atoms with Gasteiger partial charge in [-0.25, -0.2) is 0 Å². The van der Waals surface area contributed by atoms with E-state index in [1.54, 1.807) is 12.1 Å². The monoisotopic (exact) mass is 493 g/mol. The molecule has 6 heteroatoms. The van der Waals surface area contributed by atoms with Gasteiger partial charge >= 0.3 is 0 Å². The normalized spacial score (nSPS) is 14.4. The molecule has 1 heterocycles. The highest BCUT2D eigenvalue weighted by Crippen LogP contribution is 2.16. The Kier molecular flexibility index (Phi) is 8.79. The van der Waals surface area contributed by atoms with Gasteiger partial charge in [0.2, 0.25) is 5.78 Å². The second kappa shape index (κ2) is 12.6. The molecule has 0 bridgehead atoms. The first-order valence-electron chi connectivity index (χ1n) is 12.4. The van der Waals surface area contributed by atoms with Crippen LogP contribution >= 0.6 is 0 Å². The van der Waals surface area contributed by atoms with E-state index in [0.29, 0.717) is 11.1 Å². The maximum absolute atomic E-state index is 13.2. The predicted octanol–water partition coefficient (Wildman–Crippen LogP) is 4.01. The quantitative estimate of drug-likeness (QED) is 0.254. The summed E-state index contributed by atoms with van der Waals surface area (Å²) in [6.45, 7) is 2.98. The van der Waals surface area contributed by atoms with Gasteiger partial charge in [0.1, 0.15) is 6.04 Å². The fourth-order valence-corrected chi connectivity index (χ4v) is 4.33. The molecule has 3 aromatic rings. The van der Waals surface area contributed by atoms with Crippen molar-refractivity contribution >= 4 is 29.7 Å². The highest BCUT2D eigenvalue weighted by Gasteiger charge is 2.26. The smallest absolute Gasteiger partial charge is 0.287 e. The predicted molar refractivity (Wildman–Crippen MR) is 146 cm³/mol. The fourth-order valence-electron chi connectivity index (χ4n) is 4.33. The van der Waals surface area contributed by atoms with E-state index in [2.05, 4.69) is 46.6 Å². The zero-order valence-electron chi connectivity index (χ0n) is 20.7. The van der Waals surface area contributed by atoms with Gasteiger partial charge in [0.15, 0.2) is 0 Å². The number of ketones is 1. The van der Waals surface area contributed by atoms with E-state index in [-0.39, 0.29) is 6.42 Å². The average molecular weight is 494 g/mol. The van der Waals surface area contributed by atoms with Crippen molar-refractivity contribution in [3.63, 3.8) is 0 Å². The molecule has 2 amide bonds. The Morgan fingerprint density at radius 3 is 2.30 bits per heavy atom. The molecule has 3 N–H and O–H groups in total. The molecule has 37 heavy (non-hydrogen) atoms. The number of amides is 2. The lowest BCUT2D eigenvalue weighted by Gasteiger charge is -2.22. The molecule has 1 aliphatic rings. The van der Waals surface area contributed by atoms with Gasteiger partial charge in [-0.05, 0) is 34.7 Å². The fraction of sp³-hybridized carbons (Fsp3) is 0.194. The van der Waals surface area contributed by atoms with E-state index >= 15 is 0 Å². The van der Waals surface area contributed by atoms with E-state index in [0.717, 1.165) is 37.2 Å². The van der Waals surface area contributed by atoms with E-state index in [4.69, 9.17) is 5.73 Å². The Morgan fingerprint density at radius 1 is 0.865 bits per heavy atom. The van der Waals surface area contributed by atoms with Gasteiger partial charge in [-0.3, -0.25) is 19.3 Å². The van der Waals surface area contributed by atoms with Crippen LogP contribution in [0.2, 0.25) is 0 Å². The van der Waals surface area contributed by atoms with Gasteiger partial charge < -0.3 is 11.1 Å². The lowest BCUT2D eigenvalue weighted by Crippen LogP contribution is -2.47. The summed E-state index contributed by atoms with van der Waals surface area (Å²) in [7, 11) is 0. The van der Waals surface area contributed by atoms with Crippen molar-refractivity contribution in [2.75, 3.05) is 13.1 Å². The van der Waals surface area contributed by atoms with Crippen LogP contribution in [-0.2, 0) is 22.6 Å². The molecule has 0 radical (unpaired) electrons. The van der Waals surface area contributed by atoms with Crippen LogP contribution in [0.15, 0.2) is 91.0 Å². The van der Waals surface area contributed by atoms with E-state index in [9.17, 15) is 14.4 Å². The topological polar surface area (TPSA) is 92.5 Å². The van der Waals surface area contributed by atoms with Gasteiger partial charge in [0, 0.05) is 31.6 Å². The van der Waals surface area contributed by atoms with Crippen LogP contribution in [0.5, 0.6) is 0 Å². The van der Waals surface area contributed by atoms with Crippen molar-refractivity contribution in [3.05, 3.63) is 119 Å². The first-order chi connectivity index (χ1) is 18.0. The van der Waals surface area contributed by atoms with Crippen molar-refractivity contribution < 1.29 is 14.4 Å². The van der Waals surface area contributed by atoms with Crippen molar-refractivity contribution in [3.8, 4) is 0 Å². The molecule has 6 nitrogen and oxygen atoms in total. The Balaban J connectivity index is 1.46. The van der Waals surface area contributed by atoms with Gasteiger partial charge in [-0.15, -0.1) is 0 Å². The number of hydrogen-bond acceptors (Lipinski definition) is 4. The maximum Gasteiger partial charge on any atom is 0.287 e. The summed E-state index contributed by atoms with van der Waals surface area (Å²) in [5, 5.41) is 2.72. The van der Waals surface area contributed by atoms with Crippen LogP contribution < -0.4 is 11.1 Å². The van der Waals surface area contributed by atoms with Gasteiger partial charge in [-0.1, -0.05) is 97.1 Å². The second-order valence-corrected chi connectivity index (χ2v) is 9.10. The molecular formula is C31H31N3O3. The minimum absolute atomic E-state index is 0.173. The third kappa shape index (κ3) is 7.35. The standard InChI is InChI=1S/C31H31N3O3/c32-30(36)29(35)28(21-24-9-3-1-4-10-24)33-31(37)27-12-6-5-11-26(27)18-17-23-13-15-25(16-14-23)22-34-19-7-2-8-20-34/h1-7,9-18,28H,8,19-22H2,(H2,32,36)(H,33,37). The summed E-state index contributed by atoms with van der Waals surface area (Å²) in [6, 6.07) is 23.7. The summed E-state index contributed by atoms with van der Waals surface area (Å²) in [5.74, 6) is -2.35. The third-order valence-corrected chi connectivity index (χ3v) is 6.34. The Labute approximate surface area is 217 Å². The molecule has 1 aliphatic heterocycles. The molecular weight excluding hydrogens is 462 g/mol. The number of benzene rings is 3. The molecule has 0 fully saturated rings. The zero-order chi connectivity index (χ0) is 26.0. The molecule has 0 aromatic heterocycles. The lowest BCUT2D eigenvalue weighted by atomic mass is 10.00. The molecule has 188 valence electrons. The summed E-state index contributed by atoms with van der Waals surface area (Å²) < 4.78 is 0. The van der Waals surface area contributed by atoms with Crippen molar-refractivity contribution in [2.24, 2.45) is 5.73 Å². The Morgan fingerprint density at radius 2 is 1.59 bits per heavy atom. The number of nitrogens with two attached hydrogens (primary N) is 1. The van der Waals surface area contributed by atoms with Crippen molar-refractivity contribution in [1.82, 2.24) is 10.2 Å². The molecule has 0 aliphatic carbocycles. The Hall–Kier alpha value is -4.29. The summed E-state index contributed by atoms with van der Waals surface area (Å²) in [6.07, 6.45) is 9.53. The Bertz CT molecular complexity index is 1300. The number of carbonyl (C=O) groups is 3. The van der Waals surface area contributed by atoms with Crippen molar-refractivity contribution in [1.29, 1.82) is 0 Å². The highest BCUT2D eigenvalue weighted by atomic mass is 16.2. The van der Waals surface area contributed by atoms with Crippen LogP contribution in [0.1, 0.15) is 39.0 Å². The van der Waals surface area contributed by atoms with Gasteiger partial charge in [0.25, 0.3) is 11.8 Å². The number of rotatable bonds is 10. The number of carbonyl (C=O) groups excluding carboxylic acids is 3. The van der Waals surface area contributed by atoms with Crippen LogP contribution in [0, 0.1) is 0 Å². The largest absolute Gasteiger partial charge is 0.363 e. The summed E-state index contributed by atoms with van der Waals surface area (Å²) in [5.41, 5.74) is 9.46. The molecule has 4 rings (SSSR count). The van der Waals surface area contributed by atoms with E-state index in [1.165, 1.54) is 5.56 Å². The number of hydrogen-bond donors (Lipinski definition) is 2.